The van der Waals surface area contributed by atoms with E-state index >= 15 is 0 Å². The van der Waals surface area contributed by atoms with Crippen molar-refractivity contribution in [1.82, 2.24) is 14.9 Å². The number of H-pyrrole nitrogens is 1. The lowest BCUT2D eigenvalue weighted by Crippen LogP contribution is -2.27. The van der Waals surface area contributed by atoms with E-state index in [1.807, 2.05) is 37.5 Å². The Labute approximate surface area is 146 Å². The molecule has 1 aromatic heterocycles. The number of likely N-dealkylation sites (N-methyl/N-ethyl adjacent to an activating group) is 1. The molecule has 0 bridgehead atoms. The lowest BCUT2D eigenvalue weighted by Gasteiger charge is -2.17. The van der Waals surface area contributed by atoms with Gasteiger partial charge in [-0.3, -0.25) is 9.78 Å². The first-order valence-corrected chi connectivity index (χ1v) is 8.34. The van der Waals surface area contributed by atoms with Gasteiger partial charge in [0.25, 0.3) is 0 Å². The second-order valence-electron chi connectivity index (χ2n) is 6.30. The summed E-state index contributed by atoms with van der Waals surface area (Å²) in [6.07, 6.45) is 10.3. The smallest absolute Gasteiger partial charge is 0.250 e. The molecule has 3 aliphatic rings. The van der Waals surface area contributed by atoms with Crippen molar-refractivity contribution in [2.45, 2.75) is 13.0 Å². The number of pyridine rings is 2. The molecule has 0 unspecified atom stereocenters. The summed E-state index contributed by atoms with van der Waals surface area (Å²) in [6.45, 7) is 0.562. The fourth-order valence-electron chi connectivity index (χ4n) is 3.28. The number of rotatable bonds is 4. The number of aromatic nitrogens is 2. The molecule has 25 heavy (non-hydrogen) atoms. The van der Waals surface area contributed by atoms with E-state index in [4.69, 9.17) is 0 Å². The average Bonchev–Trinajstić information content (AvgIpc) is 3.31. The number of nitrogens with zero attached hydrogens (tertiary/aromatic N) is 2. The van der Waals surface area contributed by atoms with Crippen molar-refractivity contribution in [3.05, 3.63) is 83.8 Å². The summed E-state index contributed by atoms with van der Waals surface area (Å²) in [6, 6.07) is 12.1. The van der Waals surface area contributed by atoms with Crippen LogP contribution in [0.3, 0.4) is 0 Å². The van der Waals surface area contributed by atoms with E-state index in [-0.39, 0.29) is 5.91 Å². The second kappa shape index (κ2) is 6.40. The number of carbonyl (C=O) groups excluding carboxylic acids is 1. The highest BCUT2D eigenvalue weighted by Gasteiger charge is 2.20. The predicted octanol–water partition coefficient (Wildman–Crippen LogP) is 3.89. The van der Waals surface area contributed by atoms with Crippen LogP contribution in [0.15, 0.2) is 72.7 Å². The van der Waals surface area contributed by atoms with Crippen LogP contribution >= 0.6 is 0 Å². The molecule has 0 saturated carbocycles. The van der Waals surface area contributed by atoms with Gasteiger partial charge in [-0.1, -0.05) is 24.3 Å². The van der Waals surface area contributed by atoms with Crippen LogP contribution < -0.4 is 0 Å². The standard InChI is InChI=1S/C21H19N3O/c1-24(14-15-4-3-10-22-13-15)21(25)17-8-7-16(12-17)18-9-11-23-20-6-2-5-19(18)20/h2-7,9-13,23H,8,14H2,1H3. The number of nitrogens with one attached hydrogen (secondary N) is 1. The van der Waals surface area contributed by atoms with Crippen LogP contribution in [0.5, 0.6) is 0 Å². The minimum Gasteiger partial charge on any atom is -0.361 e. The second-order valence-corrected chi connectivity index (χ2v) is 6.30. The third-order valence-electron chi connectivity index (χ3n) is 4.54. The van der Waals surface area contributed by atoms with Gasteiger partial charge in [-0.2, -0.15) is 0 Å². The van der Waals surface area contributed by atoms with Crippen LogP contribution in [0, 0.1) is 0 Å². The van der Waals surface area contributed by atoms with Crippen LogP contribution in [0.25, 0.3) is 16.8 Å². The molecule has 4 nitrogen and oxygen atoms in total. The number of allylic oxidation sites excluding steroid dienone is 3. The summed E-state index contributed by atoms with van der Waals surface area (Å²) in [7, 11) is 1.83. The highest BCUT2D eigenvalue weighted by molar-refractivity contribution is 6.00. The quantitative estimate of drug-likeness (QED) is 0.789. The Morgan fingerprint density at radius 2 is 2.12 bits per heavy atom. The summed E-state index contributed by atoms with van der Waals surface area (Å²) in [5, 5.41) is 0. The number of fused-ring (bicyclic) bond motifs is 1. The number of aromatic amines is 1. The molecule has 1 N–H and O–H groups in total. The van der Waals surface area contributed by atoms with Crippen molar-refractivity contribution in [3.63, 3.8) is 0 Å². The minimum absolute atomic E-state index is 0.0661. The average molecular weight is 329 g/mol. The molecule has 4 rings (SSSR count). The van der Waals surface area contributed by atoms with Crippen LogP contribution in [0.4, 0.5) is 0 Å². The summed E-state index contributed by atoms with van der Waals surface area (Å²) < 4.78 is 0. The maximum absolute atomic E-state index is 12.7. The lowest BCUT2D eigenvalue weighted by atomic mass is 10.0. The monoisotopic (exact) mass is 329 g/mol. The van der Waals surface area contributed by atoms with E-state index in [2.05, 4.69) is 34.2 Å². The topological polar surface area (TPSA) is 49.0 Å². The van der Waals surface area contributed by atoms with Crippen molar-refractivity contribution in [2.24, 2.45) is 0 Å². The molecule has 0 fully saturated rings. The van der Waals surface area contributed by atoms with Crippen LogP contribution in [-0.2, 0) is 11.3 Å². The Kier molecular flexibility index (Phi) is 3.94. The Morgan fingerprint density at radius 3 is 2.96 bits per heavy atom. The number of amides is 1. The summed E-state index contributed by atoms with van der Waals surface area (Å²) in [5.74, 6) is 0.0661. The van der Waals surface area contributed by atoms with Gasteiger partial charge in [0.15, 0.2) is 0 Å². The molecule has 2 aliphatic carbocycles. The number of hydrogen-bond acceptors (Lipinski definition) is 2. The molecule has 0 aromatic carbocycles. The largest absolute Gasteiger partial charge is 0.361 e. The van der Waals surface area contributed by atoms with Crippen LogP contribution in [-0.4, -0.2) is 27.8 Å². The molecule has 0 radical (unpaired) electrons. The fraction of sp³-hybridized carbons (Fsp3) is 0.143. The first kappa shape index (κ1) is 15.4. The minimum atomic E-state index is 0.0661. The van der Waals surface area contributed by atoms with Gasteiger partial charge >= 0.3 is 0 Å². The van der Waals surface area contributed by atoms with Gasteiger partial charge in [0.1, 0.15) is 0 Å². The SMILES string of the molecule is CN(Cc1cccnc1)C(=O)C1=CC(c2cc[nH]c3cccc2-3)=CC1. The van der Waals surface area contributed by atoms with Crippen LogP contribution in [0.2, 0.25) is 0 Å². The maximum atomic E-state index is 12.7. The van der Waals surface area contributed by atoms with E-state index in [1.54, 1.807) is 17.3 Å². The van der Waals surface area contributed by atoms with E-state index in [0.717, 1.165) is 28.0 Å². The highest BCUT2D eigenvalue weighted by Crippen LogP contribution is 2.34. The van der Waals surface area contributed by atoms with Gasteiger partial charge in [-0.15, -0.1) is 0 Å². The van der Waals surface area contributed by atoms with Crippen LogP contribution in [0.1, 0.15) is 17.5 Å². The molecular formula is C21H19N3O. The number of carbonyl (C=O) groups is 1. The Balaban J connectivity index is 1.52. The molecule has 0 spiro atoms. The van der Waals surface area contributed by atoms with Gasteiger partial charge in [-0.25, -0.2) is 0 Å². The third kappa shape index (κ3) is 2.98. The molecule has 4 heteroatoms. The Hall–Kier alpha value is -3.14. The van der Waals surface area contributed by atoms with Crippen molar-refractivity contribution >= 4 is 11.5 Å². The molecule has 0 saturated heterocycles. The predicted molar refractivity (Wildman–Crippen MR) is 98.8 cm³/mol. The van der Waals surface area contributed by atoms with Crippen molar-refractivity contribution in [2.75, 3.05) is 7.05 Å². The van der Waals surface area contributed by atoms with Gasteiger partial charge in [0, 0.05) is 49.0 Å². The molecule has 124 valence electrons. The van der Waals surface area contributed by atoms with Gasteiger partial charge in [0.2, 0.25) is 5.91 Å². The zero-order chi connectivity index (χ0) is 17.2. The Morgan fingerprint density at radius 1 is 1.20 bits per heavy atom. The van der Waals surface area contributed by atoms with Crippen molar-refractivity contribution < 1.29 is 4.79 Å². The summed E-state index contributed by atoms with van der Waals surface area (Å²) >= 11 is 0. The first-order valence-electron chi connectivity index (χ1n) is 8.34. The molecule has 0 atom stereocenters. The van der Waals surface area contributed by atoms with Gasteiger partial charge in [0.05, 0.1) is 0 Å². The highest BCUT2D eigenvalue weighted by atomic mass is 16.2. The molecule has 1 aromatic rings. The van der Waals surface area contributed by atoms with Gasteiger partial charge in [-0.05, 0) is 47.4 Å². The van der Waals surface area contributed by atoms with E-state index in [1.165, 1.54) is 5.56 Å². The van der Waals surface area contributed by atoms with Crippen molar-refractivity contribution in [1.29, 1.82) is 0 Å². The van der Waals surface area contributed by atoms with E-state index in [0.29, 0.717) is 13.0 Å². The normalized spacial score (nSPS) is 13.6. The summed E-state index contributed by atoms with van der Waals surface area (Å²) in [4.78, 5) is 21.8. The maximum Gasteiger partial charge on any atom is 0.250 e. The third-order valence-corrected chi connectivity index (χ3v) is 4.54. The van der Waals surface area contributed by atoms with Gasteiger partial charge < -0.3 is 9.88 Å². The Bertz CT molecular complexity index is 937. The fourth-order valence-corrected chi connectivity index (χ4v) is 3.28. The van der Waals surface area contributed by atoms with Crippen molar-refractivity contribution in [3.8, 4) is 11.3 Å². The molecule has 1 aliphatic heterocycles. The molecule has 2 heterocycles. The zero-order valence-corrected chi connectivity index (χ0v) is 14.1. The molecular weight excluding hydrogens is 310 g/mol. The molecule has 1 amide bonds. The number of hydrogen-bond donors (Lipinski definition) is 1. The zero-order valence-electron chi connectivity index (χ0n) is 14.1. The first-order chi connectivity index (χ1) is 12.2. The van der Waals surface area contributed by atoms with E-state index < -0.39 is 0 Å². The van der Waals surface area contributed by atoms with E-state index in [9.17, 15) is 4.79 Å². The summed E-state index contributed by atoms with van der Waals surface area (Å²) in [5.41, 5.74) is 6.43. The lowest BCUT2D eigenvalue weighted by molar-refractivity contribution is -0.126.